The molecule has 8 heteroatoms. The molecule has 0 saturated heterocycles. The molecule has 28 heavy (non-hydrogen) atoms. The predicted octanol–water partition coefficient (Wildman–Crippen LogP) is 4.18. The zero-order chi connectivity index (χ0) is 19.7. The second kappa shape index (κ2) is 7.55. The van der Waals surface area contributed by atoms with E-state index in [-0.39, 0.29) is 17.3 Å². The molecule has 0 aliphatic rings. The van der Waals surface area contributed by atoms with Crippen LogP contribution < -0.4 is 5.32 Å². The lowest BCUT2D eigenvalue weighted by Crippen LogP contribution is -2.15. The number of nitrogens with zero attached hydrogens (tertiary/aromatic N) is 4. The van der Waals surface area contributed by atoms with Gasteiger partial charge in [0.25, 0.3) is 0 Å². The molecule has 0 radical (unpaired) electrons. The van der Waals surface area contributed by atoms with Crippen molar-refractivity contribution in [1.82, 2.24) is 19.7 Å². The van der Waals surface area contributed by atoms with Crippen LogP contribution in [0.4, 0.5) is 10.1 Å². The maximum atomic E-state index is 13.9. The number of hydrogen-bond acceptors (Lipinski definition) is 5. The van der Waals surface area contributed by atoms with Gasteiger partial charge in [0.1, 0.15) is 11.3 Å². The Labute approximate surface area is 165 Å². The zero-order valence-corrected chi connectivity index (χ0v) is 16.3. The van der Waals surface area contributed by atoms with Gasteiger partial charge in [0.2, 0.25) is 11.1 Å². The normalized spacial score (nSPS) is 11.2. The van der Waals surface area contributed by atoms with Crippen LogP contribution in [0.5, 0.6) is 0 Å². The number of carbonyl (C=O) groups excluding carboxylic acids is 1. The van der Waals surface area contributed by atoms with Gasteiger partial charge in [-0.05, 0) is 37.6 Å². The van der Waals surface area contributed by atoms with E-state index in [1.54, 1.807) is 19.1 Å². The Morgan fingerprint density at radius 3 is 2.82 bits per heavy atom. The van der Waals surface area contributed by atoms with Gasteiger partial charge >= 0.3 is 0 Å². The number of nitrogens with one attached hydrogen (secondary N) is 1. The topological polar surface area (TPSA) is 72.7 Å². The van der Waals surface area contributed by atoms with Crippen LogP contribution in [0.2, 0.25) is 0 Å². The molecular formula is C20H18FN5OS. The van der Waals surface area contributed by atoms with Gasteiger partial charge in [0.05, 0.1) is 17.0 Å². The summed E-state index contributed by atoms with van der Waals surface area (Å²) in [7, 11) is 0. The highest BCUT2D eigenvalue weighted by atomic mass is 32.2. The van der Waals surface area contributed by atoms with Gasteiger partial charge in [-0.3, -0.25) is 4.79 Å². The number of halogens is 1. The number of para-hydroxylation sites is 1. The average Bonchev–Trinajstić information content (AvgIpc) is 3.01. The fourth-order valence-corrected chi connectivity index (χ4v) is 3.69. The zero-order valence-electron chi connectivity index (χ0n) is 15.4. The van der Waals surface area contributed by atoms with Crippen LogP contribution in [0.3, 0.4) is 0 Å². The molecule has 0 bridgehead atoms. The first-order valence-corrected chi connectivity index (χ1v) is 9.86. The molecule has 2 heterocycles. The van der Waals surface area contributed by atoms with Crippen LogP contribution in [0.1, 0.15) is 12.5 Å². The van der Waals surface area contributed by atoms with Crippen molar-refractivity contribution in [3.8, 4) is 0 Å². The Balaban J connectivity index is 1.53. The van der Waals surface area contributed by atoms with Crippen LogP contribution >= 0.6 is 11.8 Å². The summed E-state index contributed by atoms with van der Waals surface area (Å²) in [5.74, 6) is -0.718. The highest BCUT2D eigenvalue weighted by Gasteiger charge is 2.15. The Kier molecular flexibility index (Phi) is 4.95. The van der Waals surface area contributed by atoms with Gasteiger partial charge in [0.15, 0.2) is 5.65 Å². The molecule has 0 aliphatic carbocycles. The highest BCUT2D eigenvalue weighted by Crippen LogP contribution is 2.27. The lowest BCUT2D eigenvalue weighted by atomic mass is 10.2. The van der Waals surface area contributed by atoms with Crippen molar-refractivity contribution < 1.29 is 9.18 Å². The number of aryl methyl sites for hydroxylation is 2. The number of fused-ring (bicyclic) bond motifs is 3. The second-order valence-corrected chi connectivity index (χ2v) is 7.29. The number of rotatable bonds is 5. The van der Waals surface area contributed by atoms with Crippen molar-refractivity contribution in [1.29, 1.82) is 0 Å². The van der Waals surface area contributed by atoms with E-state index < -0.39 is 5.82 Å². The molecule has 1 amide bonds. The maximum Gasteiger partial charge on any atom is 0.234 e. The molecule has 0 saturated carbocycles. The molecule has 4 aromatic rings. The summed E-state index contributed by atoms with van der Waals surface area (Å²) in [6.45, 7) is 4.59. The number of thioether (sulfide) groups is 1. The van der Waals surface area contributed by atoms with Crippen LogP contribution in [0.15, 0.2) is 47.6 Å². The van der Waals surface area contributed by atoms with Crippen molar-refractivity contribution in [3.05, 3.63) is 53.8 Å². The van der Waals surface area contributed by atoms with E-state index in [1.807, 2.05) is 31.2 Å². The molecule has 1 N–H and O–H groups in total. The first-order valence-electron chi connectivity index (χ1n) is 8.87. The Morgan fingerprint density at radius 2 is 2.04 bits per heavy atom. The smallest absolute Gasteiger partial charge is 0.234 e. The maximum absolute atomic E-state index is 13.9. The van der Waals surface area contributed by atoms with Crippen molar-refractivity contribution in [2.24, 2.45) is 0 Å². The summed E-state index contributed by atoms with van der Waals surface area (Å²) in [6, 6.07) is 12.6. The fraction of sp³-hybridized carbons (Fsp3) is 0.200. The van der Waals surface area contributed by atoms with Gasteiger partial charge in [-0.15, -0.1) is 10.2 Å². The summed E-state index contributed by atoms with van der Waals surface area (Å²) in [6.07, 6.45) is 0. The number of anilines is 1. The molecule has 0 unspecified atom stereocenters. The highest BCUT2D eigenvalue weighted by molar-refractivity contribution is 7.99. The Morgan fingerprint density at radius 1 is 1.21 bits per heavy atom. The van der Waals surface area contributed by atoms with Gasteiger partial charge in [-0.2, -0.15) is 0 Å². The largest absolute Gasteiger partial charge is 0.324 e. The fourth-order valence-electron chi connectivity index (χ4n) is 3.11. The molecule has 2 aromatic heterocycles. The quantitative estimate of drug-likeness (QED) is 0.513. The second-order valence-electron chi connectivity index (χ2n) is 6.35. The summed E-state index contributed by atoms with van der Waals surface area (Å²) in [4.78, 5) is 16.8. The summed E-state index contributed by atoms with van der Waals surface area (Å²) >= 11 is 1.17. The van der Waals surface area contributed by atoms with Crippen LogP contribution in [0, 0.1) is 12.7 Å². The van der Waals surface area contributed by atoms with Crippen molar-refractivity contribution >= 4 is 45.4 Å². The van der Waals surface area contributed by atoms with Crippen LogP contribution in [0.25, 0.3) is 22.1 Å². The summed E-state index contributed by atoms with van der Waals surface area (Å²) < 4.78 is 15.9. The third kappa shape index (κ3) is 3.43. The molecular weight excluding hydrogens is 377 g/mol. The first kappa shape index (κ1) is 18.4. The number of benzene rings is 2. The van der Waals surface area contributed by atoms with Crippen molar-refractivity contribution in [3.63, 3.8) is 0 Å². The van der Waals surface area contributed by atoms with Gasteiger partial charge in [-0.25, -0.2) is 9.37 Å². The van der Waals surface area contributed by atoms with E-state index in [0.717, 1.165) is 34.2 Å². The number of carbonyl (C=O) groups is 1. The van der Waals surface area contributed by atoms with E-state index in [9.17, 15) is 9.18 Å². The monoisotopic (exact) mass is 395 g/mol. The number of amides is 1. The Hall–Kier alpha value is -3.00. The van der Waals surface area contributed by atoms with E-state index in [1.165, 1.54) is 17.8 Å². The van der Waals surface area contributed by atoms with Gasteiger partial charge in [-0.1, -0.05) is 36.0 Å². The summed E-state index contributed by atoms with van der Waals surface area (Å²) in [5.41, 5.74) is 3.50. The minimum Gasteiger partial charge on any atom is -0.324 e. The Bertz CT molecular complexity index is 1190. The predicted molar refractivity (Wildman–Crippen MR) is 109 cm³/mol. The minimum atomic E-state index is -0.454. The number of aromatic nitrogens is 4. The van der Waals surface area contributed by atoms with Crippen LogP contribution in [-0.4, -0.2) is 31.4 Å². The lowest BCUT2D eigenvalue weighted by Gasteiger charge is -2.06. The molecule has 6 nitrogen and oxygen atoms in total. The molecule has 0 spiro atoms. The van der Waals surface area contributed by atoms with Crippen molar-refractivity contribution in [2.45, 2.75) is 25.5 Å². The molecule has 2 aromatic carbocycles. The minimum absolute atomic E-state index is 0.0624. The van der Waals surface area contributed by atoms with E-state index in [0.29, 0.717) is 5.16 Å². The van der Waals surface area contributed by atoms with E-state index in [2.05, 4.69) is 25.1 Å². The molecule has 0 fully saturated rings. The third-order valence-corrected chi connectivity index (χ3v) is 5.24. The molecule has 0 aliphatic heterocycles. The van der Waals surface area contributed by atoms with Gasteiger partial charge < -0.3 is 9.88 Å². The molecule has 4 rings (SSSR count). The standard InChI is InChI=1S/C20H18FN5OS/c1-3-26-16-7-5-4-6-13(16)18-19(26)23-20(25-24-18)28-11-17(27)22-15-9-8-12(2)10-14(15)21/h4-10H,3,11H2,1-2H3,(H,22,27). The third-order valence-electron chi connectivity index (χ3n) is 4.40. The number of hydrogen-bond donors (Lipinski definition) is 1. The van der Waals surface area contributed by atoms with E-state index in [4.69, 9.17) is 0 Å². The van der Waals surface area contributed by atoms with Crippen molar-refractivity contribution in [2.75, 3.05) is 11.1 Å². The first-order chi connectivity index (χ1) is 13.6. The summed E-state index contributed by atoms with van der Waals surface area (Å²) in [5, 5.41) is 12.4. The SMILES string of the molecule is CCn1c2ccccc2c2nnc(SCC(=O)Nc3ccc(C)cc3F)nc21. The van der Waals surface area contributed by atoms with Crippen LogP contribution in [-0.2, 0) is 11.3 Å². The lowest BCUT2D eigenvalue weighted by molar-refractivity contribution is -0.113. The van der Waals surface area contributed by atoms with E-state index >= 15 is 0 Å². The molecule has 142 valence electrons. The average molecular weight is 395 g/mol. The molecule has 0 atom stereocenters. The van der Waals surface area contributed by atoms with Gasteiger partial charge in [0, 0.05) is 11.9 Å².